The van der Waals surface area contributed by atoms with E-state index in [4.69, 9.17) is 0 Å². The smallest absolute Gasteiger partial charge is 0.0474 e. The molecular formula is C12H25NO. The fourth-order valence-electron chi connectivity index (χ4n) is 2.87. The highest BCUT2D eigenvalue weighted by molar-refractivity contribution is 4.94. The van der Waals surface area contributed by atoms with Gasteiger partial charge < -0.3 is 5.11 Å². The lowest BCUT2D eigenvalue weighted by molar-refractivity contribution is 0.111. The molecule has 1 saturated heterocycles. The molecule has 14 heavy (non-hydrogen) atoms. The Morgan fingerprint density at radius 3 is 2.14 bits per heavy atom. The van der Waals surface area contributed by atoms with Crippen LogP contribution >= 0.6 is 0 Å². The van der Waals surface area contributed by atoms with E-state index in [0.29, 0.717) is 36.6 Å². The molecule has 1 heterocycles. The molecule has 1 aliphatic heterocycles. The minimum atomic E-state index is 0.341. The maximum absolute atomic E-state index is 9.31. The standard InChI is InChI=1S/C12H25NO/c1-8(2)12-6-11(7-14)10(5)13(12)9(3)4/h8-12,14H,6-7H2,1-5H3. The summed E-state index contributed by atoms with van der Waals surface area (Å²) in [6, 6.07) is 1.78. The fourth-order valence-corrected chi connectivity index (χ4v) is 2.87. The average molecular weight is 199 g/mol. The lowest BCUT2D eigenvalue weighted by Crippen LogP contribution is -2.43. The van der Waals surface area contributed by atoms with Gasteiger partial charge in [0.2, 0.25) is 0 Å². The SMILES string of the molecule is CC(C)C1CC(CO)C(C)N1C(C)C. The Labute approximate surface area is 88.3 Å². The van der Waals surface area contributed by atoms with Gasteiger partial charge in [-0.05, 0) is 39.0 Å². The fraction of sp³-hybridized carbons (Fsp3) is 1.00. The molecule has 0 saturated carbocycles. The van der Waals surface area contributed by atoms with Crippen LogP contribution in [0.15, 0.2) is 0 Å². The molecule has 0 amide bonds. The normalized spacial score (nSPS) is 34.7. The molecule has 0 aromatic heterocycles. The van der Waals surface area contributed by atoms with Crippen LogP contribution in [0.2, 0.25) is 0 Å². The quantitative estimate of drug-likeness (QED) is 0.752. The second kappa shape index (κ2) is 4.63. The van der Waals surface area contributed by atoms with Crippen LogP contribution in [0, 0.1) is 11.8 Å². The molecule has 0 spiro atoms. The Balaban J connectivity index is 2.76. The summed E-state index contributed by atoms with van der Waals surface area (Å²) in [6.07, 6.45) is 1.16. The van der Waals surface area contributed by atoms with E-state index in [1.54, 1.807) is 0 Å². The second-order valence-corrected chi connectivity index (χ2v) is 5.27. The summed E-state index contributed by atoms with van der Waals surface area (Å²) in [5.74, 6) is 1.17. The van der Waals surface area contributed by atoms with E-state index in [-0.39, 0.29) is 0 Å². The van der Waals surface area contributed by atoms with Crippen LogP contribution in [0.3, 0.4) is 0 Å². The first kappa shape index (κ1) is 12.0. The van der Waals surface area contributed by atoms with Gasteiger partial charge in [0.15, 0.2) is 0 Å². The van der Waals surface area contributed by atoms with E-state index < -0.39 is 0 Å². The Bertz CT molecular complexity index is 179. The molecule has 0 radical (unpaired) electrons. The molecule has 1 rings (SSSR count). The molecule has 0 aliphatic carbocycles. The number of likely N-dealkylation sites (tertiary alicyclic amines) is 1. The van der Waals surface area contributed by atoms with Gasteiger partial charge in [-0.15, -0.1) is 0 Å². The van der Waals surface area contributed by atoms with Crippen molar-refractivity contribution in [1.29, 1.82) is 0 Å². The molecule has 1 N–H and O–H groups in total. The zero-order valence-corrected chi connectivity index (χ0v) is 10.2. The van der Waals surface area contributed by atoms with E-state index in [0.717, 1.165) is 6.42 Å². The highest BCUT2D eigenvalue weighted by atomic mass is 16.3. The van der Waals surface area contributed by atoms with Crippen molar-refractivity contribution in [2.24, 2.45) is 11.8 Å². The second-order valence-electron chi connectivity index (χ2n) is 5.27. The van der Waals surface area contributed by atoms with Gasteiger partial charge in [-0.1, -0.05) is 13.8 Å². The summed E-state index contributed by atoms with van der Waals surface area (Å²) in [5.41, 5.74) is 0. The van der Waals surface area contributed by atoms with Crippen LogP contribution in [0.4, 0.5) is 0 Å². The number of aliphatic hydroxyl groups is 1. The van der Waals surface area contributed by atoms with E-state index in [1.165, 1.54) is 0 Å². The molecule has 0 aromatic carbocycles. The third-order valence-corrected chi connectivity index (χ3v) is 3.68. The Morgan fingerprint density at radius 1 is 1.29 bits per heavy atom. The number of nitrogens with zero attached hydrogens (tertiary/aromatic N) is 1. The van der Waals surface area contributed by atoms with Crippen LogP contribution in [0.5, 0.6) is 0 Å². The van der Waals surface area contributed by atoms with Crippen molar-refractivity contribution in [2.75, 3.05) is 6.61 Å². The lowest BCUT2D eigenvalue weighted by atomic mass is 9.96. The van der Waals surface area contributed by atoms with Crippen LogP contribution in [-0.4, -0.2) is 34.7 Å². The highest BCUT2D eigenvalue weighted by Crippen LogP contribution is 2.34. The zero-order valence-electron chi connectivity index (χ0n) is 10.2. The minimum Gasteiger partial charge on any atom is -0.396 e. The van der Waals surface area contributed by atoms with Crippen LogP contribution in [0.1, 0.15) is 41.0 Å². The van der Waals surface area contributed by atoms with Crippen molar-refractivity contribution in [2.45, 2.75) is 59.2 Å². The summed E-state index contributed by atoms with van der Waals surface area (Å²) in [6.45, 7) is 11.7. The van der Waals surface area contributed by atoms with Crippen molar-refractivity contribution in [3.05, 3.63) is 0 Å². The number of rotatable bonds is 3. The molecule has 3 atom stereocenters. The van der Waals surface area contributed by atoms with Crippen molar-refractivity contribution >= 4 is 0 Å². The maximum atomic E-state index is 9.31. The summed E-state index contributed by atoms with van der Waals surface area (Å²) in [7, 11) is 0. The first-order chi connectivity index (χ1) is 6.49. The van der Waals surface area contributed by atoms with Crippen molar-refractivity contribution in [1.82, 2.24) is 4.90 Å². The Morgan fingerprint density at radius 2 is 1.86 bits per heavy atom. The lowest BCUT2D eigenvalue weighted by Gasteiger charge is -2.34. The highest BCUT2D eigenvalue weighted by Gasteiger charge is 2.40. The topological polar surface area (TPSA) is 23.5 Å². The van der Waals surface area contributed by atoms with E-state index >= 15 is 0 Å². The molecular weight excluding hydrogens is 174 g/mol. The van der Waals surface area contributed by atoms with E-state index in [9.17, 15) is 5.11 Å². The first-order valence-electron chi connectivity index (χ1n) is 5.87. The maximum Gasteiger partial charge on any atom is 0.0474 e. The van der Waals surface area contributed by atoms with E-state index in [1.807, 2.05) is 0 Å². The van der Waals surface area contributed by atoms with Crippen molar-refractivity contribution < 1.29 is 5.11 Å². The largest absolute Gasteiger partial charge is 0.396 e. The van der Waals surface area contributed by atoms with Gasteiger partial charge in [-0.25, -0.2) is 0 Å². The van der Waals surface area contributed by atoms with Crippen molar-refractivity contribution in [3.8, 4) is 0 Å². The Hall–Kier alpha value is -0.0800. The molecule has 3 unspecified atom stereocenters. The number of aliphatic hydroxyl groups excluding tert-OH is 1. The minimum absolute atomic E-state index is 0.341. The Kier molecular flexibility index (Phi) is 3.96. The number of hydrogen-bond acceptors (Lipinski definition) is 2. The summed E-state index contributed by atoms with van der Waals surface area (Å²) < 4.78 is 0. The monoisotopic (exact) mass is 199 g/mol. The molecule has 2 nitrogen and oxygen atoms in total. The third-order valence-electron chi connectivity index (χ3n) is 3.68. The van der Waals surface area contributed by atoms with Crippen molar-refractivity contribution in [3.63, 3.8) is 0 Å². The first-order valence-corrected chi connectivity index (χ1v) is 5.87. The molecule has 0 bridgehead atoms. The molecule has 2 heteroatoms. The van der Waals surface area contributed by atoms with Gasteiger partial charge in [0.1, 0.15) is 0 Å². The molecule has 84 valence electrons. The third kappa shape index (κ3) is 2.12. The summed E-state index contributed by atoms with van der Waals surface area (Å²) in [5, 5.41) is 9.31. The molecule has 1 aliphatic rings. The van der Waals surface area contributed by atoms with Crippen LogP contribution < -0.4 is 0 Å². The van der Waals surface area contributed by atoms with E-state index in [2.05, 4.69) is 39.5 Å². The van der Waals surface area contributed by atoms with Gasteiger partial charge in [-0.3, -0.25) is 4.90 Å². The predicted molar refractivity (Wildman–Crippen MR) is 60.3 cm³/mol. The molecule has 0 aromatic rings. The van der Waals surface area contributed by atoms with Gasteiger partial charge in [-0.2, -0.15) is 0 Å². The van der Waals surface area contributed by atoms with Gasteiger partial charge in [0, 0.05) is 24.7 Å². The van der Waals surface area contributed by atoms with Crippen LogP contribution in [-0.2, 0) is 0 Å². The van der Waals surface area contributed by atoms with Crippen LogP contribution in [0.25, 0.3) is 0 Å². The number of hydrogen-bond donors (Lipinski definition) is 1. The molecule has 1 fully saturated rings. The summed E-state index contributed by atoms with van der Waals surface area (Å²) >= 11 is 0. The summed E-state index contributed by atoms with van der Waals surface area (Å²) in [4.78, 5) is 2.57. The zero-order chi connectivity index (χ0) is 10.9. The van der Waals surface area contributed by atoms with Gasteiger partial charge in [0.25, 0.3) is 0 Å². The predicted octanol–water partition coefficient (Wildman–Crippen LogP) is 2.12. The van der Waals surface area contributed by atoms with Gasteiger partial charge >= 0.3 is 0 Å². The van der Waals surface area contributed by atoms with Gasteiger partial charge in [0.05, 0.1) is 0 Å². The average Bonchev–Trinajstić information content (AvgIpc) is 2.42.